The quantitative estimate of drug-likeness (QED) is 0.770. The zero-order valence-corrected chi connectivity index (χ0v) is 14.0. The van der Waals surface area contributed by atoms with Crippen molar-refractivity contribution in [2.45, 2.75) is 24.4 Å². The molecule has 2 N–H and O–H groups in total. The SMILES string of the molecule is O=C(NCC(OCCO)c1cccs1)C1(c2ccc(F)cc2)CC1. The second kappa shape index (κ2) is 7.42. The Morgan fingerprint density at radius 1 is 1.33 bits per heavy atom. The Morgan fingerprint density at radius 3 is 2.67 bits per heavy atom. The van der Waals surface area contributed by atoms with Crippen LogP contribution >= 0.6 is 11.3 Å². The summed E-state index contributed by atoms with van der Waals surface area (Å²) < 4.78 is 18.7. The molecule has 128 valence electrons. The number of aliphatic hydroxyl groups is 1. The molecule has 1 heterocycles. The minimum atomic E-state index is -0.537. The molecule has 0 saturated heterocycles. The first-order valence-corrected chi connectivity index (χ1v) is 8.84. The molecule has 0 spiro atoms. The smallest absolute Gasteiger partial charge is 0.230 e. The molecular weight excluding hydrogens is 329 g/mol. The van der Waals surface area contributed by atoms with Crippen LogP contribution in [-0.2, 0) is 14.9 Å². The molecule has 0 radical (unpaired) electrons. The van der Waals surface area contributed by atoms with Crippen LogP contribution in [0.4, 0.5) is 4.39 Å². The van der Waals surface area contributed by atoms with E-state index in [1.165, 1.54) is 12.1 Å². The highest BCUT2D eigenvalue weighted by atomic mass is 32.1. The van der Waals surface area contributed by atoms with Gasteiger partial charge in [-0.3, -0.25) is 4.79 Å². The summed E-state index contributed by atoms with van der Waals surface area (Å²) in [5.41, 5.74) is 0.315. The number of hydrogen-bond acceptors (Lipinski definition) is 4. The minimum Gasteiger partial charge on any atom is -0.394 e. The van der Waals surface area contributed by atoms with Crippen LogP contribution in [0.15, 0.2) is 41.8 Å². The summed E-state index contributed by atoms with van der Waals surface area (Å²) in [5.74, 6) is -0.353. The summed E-state index contributed by atoms with van der Waals surface area (Å²) in [6, 6.07) is 10.0. The fourth-order valence-corrected chi connectivity index (χ4v) is 3.58. The van der Waals surface area contributed by atoms with Crippen molar-refractivity contribution in [1.29, 1.82) is 0 Å². The molecule has 1 aliphatic rings. The number of aliphatic hydroxyl groups excluding tert-OH is 1. The van der Waals surface area contributed by atoms with Gasteiger partial charge in [-0.15, -0.1) is 11.3 Å². The van der Waals surface area contributed by atoms with Crippen molar-refractivity contribution in [3.05, 3.63) is 58.0 Å². The van der Waals surface area contributed by atoms with Crippen molar-refractivity contribution < 1.29 is 19.0 Å². The first-order valence-electron chi connectivity index (χ1n) is 7.96. The van der Waals surface area contributed by atoms with Crippen LogP contribution in [-0.4, -0.2) is 30.8 Å². The summed E-state index contributed by atoms with van der Waals surface area (Å²) >= 11 is 1.55. The number of ether oxygens (including phenoxy) is 1. The molecule has 1 atom stereocenters. The maximum absolute atomic E-state index is 13.1. The van der Waals surface area contributed by atoms with Gasteiger partial charge in [0.2, 0.25) is 5.91 Å². The van der Waals surface area contributed by atoms with E-state index in [9.17, 15) is 9.18 Å². The van der Waals surface area contributed by atoms with Gasteiger partial charge in [-0.2, -0.15) is 0 Å². The molecule has 4 nitrogen and oxygen atoms in total. The van der Waals surface area contributed by atoms with Gasteiger partial charge in [0.15, 0.2) is 0 Å². The predicted molar refractivity (Wildman–Crippen MR) is 90.4 cm³/mol. The van der Waals surface area contributed by atoms with Crippen LogP contribution in [0.25, 0.3) is 0 Å². The summed E-state index contributed by atoms with van der Waals surface area (Å²) in [7, 11) is 0. The number of thiophene rings is 1. The van der Waals surface area contributed by atoms with Crippen molar-refractivity contribution in [1.82, 2.24) is 5.32 Å². The molecule has 3 rings (SSSR count). The molecule has 0 bridgehead atoms. The molecule has 1 fully saturated rings. The topological polar surface area (TPSA) is 58.6 Å². The fourth-order valence-electron chi connectivity index (χ4n) is 2.81. The Bertz CT molecular complexity index is 668. The first-order chi connectivity index (χ1) is 11.7. The van der Waals surface area contributed by atoms with Gasteiger partial charge >= 0.3 is 0 Å². The molecule has 1 aromatic carbocycles. The lowest BCUT2D eigenvalue weighted by molar-refractivity contribution is -0.124. The number of rotatable bonds is 8. The number of hydrogen-bond donors (Lipinski definition) is 2. The molecule has 1 amide bonds. The summed E-state index contributed by atoms with van der Waals surface area (Å²) in [4.78, 5) is 13.7. The van der Waals surface area contributed by atoms with Crippen LogP contribution in [0.1, 0.15) is 29.4 Å². The van der Waals surface area contributed by atoms with Crippen LogP contribution in [0.2, 0.25) is 0 Å². The Kier molecular flexibility index (Phi) is 5.28. The maximum Gasteiger partial charge on any atom is 0.230 e. The number of benzene rings is 1. The van der Waals surface area contributed by atoms with Gasteiger partial charge in [0.05, 0.1) is 18.6 Å². The second-order valence-electron chi connectivity index (χ2n) is 5.90. The van der Waals surface area contributed by atoms with E-state index in [0.29, 0.717) is 6.54 Å². The molecule has 1 unspecified atom stereocenters. The normalized spacial score (nSPS) is 16.6. The molecule has 2 aromatic rings. The highest BCUT2D eigenvalue weighted by Gasteiger charge is 2.51. The van der Waals surface area contributed by atoms with E-state index >= 15 is 0 Å². The highest BCUT2D eigenvalue weighted by molar-refractivity contribution is 7.10. The third-order valence-electron chi connectivity index (χ3n) is 4.30. The van der Waals surface area contributed by atoms with Crippen LogP contribution in [0, 0.1) is 5.82 Å². The van der Waals surface area contributed by atoms with E-state index in [-0.39, 0.29) is 31.0 Å². The second-order valence-corrected chi connectivity index (χ2v) is 6.88. The van der Waals surface area contributed by atoms with Crippen LogP contribution in [0.5, 0.6) is 0 Å². The summed E-state index contributed by atoms with van der Waals surface area (Å²) in [6.07, 6.45) is 1.27. The van der Waals surface area contributed by atoms with E-state index in [1.807, 2.05) is 17.5 Å². The van der Waals surface area contributed by atoms with Crippen molar-refractivity contribution in [3.8, 4) is 0 Å². The summed E-state index contributed by atoms with van der Waals surface area (Å²) in [6.45, 7) is 0.513. The van der Waals surface area contributed by atoms with E-state index in [2.05, 4.69) is 5.32 Å². The standard InChI is InChI=1S/C18H20FNO3S/c19-14-5-3-13(4-6-14)18(7-8-18)17(22)20-12-15(23-10-9-21)16-2-1-11-24-16/h1-6,11,15,21H,7-10,12H2,(H,20,22). The molecule has 6 heteroatoms. The number of carbonyl (C=O) groups excluding carboxylic acids is 1. The summed E-state index contributed by atoms with van der Waals surface area (Å²) in [5, 5.41) is 13.9. The van der Waals surface area contributed by atoms with E-state index < -0.39 is 5.41 Å². The predicted octanol–water partition coefficient (Wildman–Crippen LogP) is 2.79. The monoisotopic (exact) mass is 349 g/mol. The zero-order valence-electron chi connectivity index (χ0n) is 13.2. The Morgan fingerprint density at radius 2 is 2.08 bits per heavy atom. The number of carbonyl (C=O) groups is 1. The maximum atomic E-state index is 13.1. The van der Waals surface area contributed by atoms with Crippen LogP contribution < -0.4 is 5.32 Å². The van der Waals surface area contributed by atoms with Crippen molar-refractivity contribution >= 4 is 17.2 Å². The lowest BCUT2D eigenvalue weighted by atomic mass is 9.95. The number of amides is 1. The molecule has 24 heavy (non-hydrogen) atoms. The molecule has 1 aliphatic carbocycles. The first kappa shape index (κ1) is 17.1. The van der Waals surface area contributed by atoms with Crippen molar-refractivity contribution in [2.75, 3.05) is 19.8 Å². The van der Waals surface area contributed by atoms with Gasteiger partial charge in [-0.25, -0.2) is 4.39 Å². The van der Waals surface area contributed by atoms with Gasteiger partial charge in [0.25, 0.3) is 0 Å². The zero-order chi connectivity index (χ0) is 17.0. The van der Waals surface area contributed by atoms with Crippen molar-refractivity contribution in [2.24, 2.45) is 0 Å². The van der Waals surface area contributed by atoms with Crippen molar-refractivity contribution in [3.63, 3.8) is 0 Å². The largest absolute Gasteiger partial charge is 0.394 e. The van der Waals surface area contributed by atoms with E-state index in [0.717, 1.165) is 23.3 Å². The average molecular weight is 349 g/mol. The fraction of sp³-hybridized carbons (Fsp3) is 0.389. The highest BCUT2D eigenvalue weighted by Crippen LogP contribution is 2.48. The lowest BCUT2D eigenvalue weighted by Gasteiger charge is -2.20. The van der Waals surface area contributed by atoms with E-state index in [1.54, 1.807) is 23.5 Å². The van der Waals surface area contributed by atoms with Gasteiger partial charge in [0, 0.05) is 11.4 Å². The molecule has 1 aromatic heterocycles. The third-order valence-corrected chi connectivity index (χ3v) is 5.26. The van der Waals surface area contributed by atoms with Crippen LogP contribution in [0.3, 0.4) is 0 Å². The Labute approximate surface area is 144 Å². The van der Waals surface area contributed by atoms with E-state index in [4.69, 9.17) is 9.84 Å². The third kappa shape index (κ3) is 3.66. The lowest BCUT2D eigenvalue weighted by Crippen LogP contribution is -2.37. The van der Waals surface area contributed by atoms with Gasteiger partial charge in [0.1, 0.15) is 11.9 Å². The molecule has 0 aliphatic heterocycles. The Hall–Kier alpha value is -1.76. The molecule has 1 saturated carbocycles. The van der Waals surface area contributed by atoms with Gasteiger partial charge in [-0.1, -0.05) is 18.2 Å². The number of halogens is 1. The van der Waals surface area contributed by atoms with Gasteiger partial charge in [-0.05, 0) is 42.0 Å². The minimum absolute atomic E-state index is 0.0525. The Balaban J connectivity index is 1.64. The number of nitrogens with one attached hydrogen (secondary N) is 1. The average Bonchev–Trinajstić information content (AvgIpc) is 3.23. The molecular formula is C18H20FNO3S. The van der Waals surface area contributed by atoms with Gasteiger partial charge < -0.3 is 15.2 Å².